The number of amides is 1. The molecule has 0 aliphatic rings. The summed E-state index contributed by atoms with van der Waals surface area (Å²) in [6, 6.07) is 2.96. The SMILES string of the molecule is CN(C(=O)c1cc(N)cc(Cl)c1Cl)C(C)(C)CO. The molecule has 18 heavy (non-hydrogen) atoms. The molecule has 1 rings (SSSR count). The summed E-state index contributed by atoms with van der Waals surface area (Å²) in [7, 11) is 1.59. The molecule has 100 valence electrons. The van der Waals surface area contributed by atoms with Crippen molar-refractivity contribution in [3.8, 4) is 0 Å². The molecule has 0 saturated heterocycles. The third kappa shape index (κ3) is 2.88. The van der Waals surface area contributed by atoms with E-state index < -0.39 is 5.54 Å². The van der Waals surface area contributed by atoms with Crippen LogP contribution in [-0.2, 0) is 0 Å². The number of halogens is 2. The summed E-state index contributed by atoms with van der Waals surface area (Å²) < 4.78 is 0. The van der Waals surface area contributed by atoms with E-state index in [0.29, 0.717) is 5.69 Å². The topological polar surface area (TPSA) is 66.6 Å². The molecule has 1 amide bonds. The summed E-state index contributed by atoms with van der Waals surface area (Å²) >= 11 is 11.9. The Bertz CT molecular complexity index is 475. The fraction of sp³-hybridized carbons (Fsp3) is 0.417. The number of rotatable bonds is 3. The predicted octanol–water partition coefficient (Wildman–Crippen LogP) is 2.42. The highest BCUT2D eigenvalue weighted by atomic mass is 35.5. The monoisotopic (exact) mass is 290 g/mol. The standard InChI is InChI=1S/C12H16Cl2N2O2/c1-12(2,6-17)16(3)11(18)8-4-7(15)5-9(13)10(8)14/h4-5,17H,6,15H2,1-3H3. The van der Waals surface area contributed by atoms with Crippen LogP contribution in [0.3, 0.4) is 0 Å². The van der Waals surface area contributed by atoms with E-state index in [9.17, 15) is 9.90 Å². The van der Waals surface area contributed by atoms with E-state index >= 15 is 0 Å². The lowest BCUT2D eigenvalue weighted by atomic mass is 10.0. The molecule has 0 radical (unpaired) electrons. The van der Waals surface area contributed by atoms with E-state index in [1.807, 2.05) is 0 Å². The predicted molar refractivity (Wildman–Crippen MR) is 74.1 cm³/mol. The Labute approximate surface area is 116 Å². The van der Waals surface area contributed by atoms with Crippen molar-refractivity contribution in [3.05, 3.63) is 27.7 Å². The summed E-state index contributed by atoms with van der Waals surface area (Å²) in [6.07, 6.45) is 0. The maximum absolute atomic E-state index is 12.3. The van der Waals surface area contributed by atoms with Gasteiger partial charge in [-0.15, -0.1) is 0 Å². The number of nitrogen functional groups attached to an aromatic ring is 1. The van der Waals surface area contributed by atoms with E-state index in [1.165, 1.54) is 17.0 Å². The number of hydrogen-bond acceptors (Lipinski definition) is 3. The van der Waals surface area contributed by atoms with Crippen LogP contribution in [0.25, 0.3) is 0 Å². The molecular formula is C12H16Cl2N2O2. The van der Waals surface area contributed by atoms with Crippen molar-refractivity contribution in [2.75, 3.05) is 19.4 Å². The molecule has 0 aliphatic heterocycles. The summed E-state index contributed by atoms with van der Waals surface area (Å²) in [5.41, 5.74) is 5.54. The van der Waals surface area contributed by atoms with Crippen LogP contribution >= 0.6 is 23.2 Å². The minimum absolute atomic E-state index is 0.163. The van der Waals surface area contributed by atoms with Crippen LogP contribution in [0.5, 0.6) is 0 Å². The maximum Gasteiger partial charge on any atom is 0.255 e. The highest BCUT2D eigenvalue weighted by Gasteiger charge is 2.29. The Balaban J connectivity index is 3.20. The molecule has 4 nitrogen and oxygen atoms in total. The minimum Gasteiger partial charge on any atom is -0.399 e. The Morgan fingerprint density at radius 1 is 1.44 bits per heavy atom. The van der Waals surface area contributed by atoms with Crippen molar-refractivity contribution in [2.24, 2.45) is 0 Å². The number of nitrogens with zero attached hydrogens (tertiary/aromatic N) is 1. The number of aliphatic hydroxyl groups excluding tert-OH is 1. The number of hydrogen-bond donors (Lipinski definition) is 2. The van der Waals surface area contributed by atoms with Crippen LogP contribution in [0, 0.1) is 0 Å². The molecule has 6 heteroatoms. The molecule has 0 heterocycles. The van der Waals surface area contributed by atoms with Gasteiger partial charge in [-0.3, -0.25) is 4.79 Å². The highest BCUT2D eigenvalue weighted by molar-refractivity contribution is 6.44. The second-order valence-electron chi connectivity index (χ2n) is 4.70. The second-order valence-corrected chi connectivity index (χ2v) is 5.48. The number of carbonyl (C=O) groups excluding carboxylic acids is 1. The number of nitrogens with two attached hydrogens (primary N) is 1. The molecule has 0 spiro atoms. The molecule has 1 aromatic rings. The van der Waals surface area contributed by atoms with Crippen LogP contribution in [0.4, 0.5) is 5.69 Å². The molecule has 0 fully saturated rings. The zero-order valence-corrected chi connectivity index (χ0v) is 12.0. The smallest absolute Gasteiger partial charge is 0.255 e. The van der Waals surface area contributed by atoms with Gasteiger partial charge in [-0.1, -0.05) is 23.2 Å². The molecule has 0 unspecified atom stereocenters. The van der Waals surface area contributed by atoms with E-state index in [-0.39, 0.29) is 28.1 Å². The van der Waals surface area contributed by atoms with Crippen LogP contribution in [-0.4, -0.2) is 35.1 Å². The number of carbonyl (C=O) groups is 1. The largest absolute Gasteiger partial charge is 0.399 e. The molecule has 0 aliphatic carbocycles. The summed E-state index contributed by atoms with van der Waals surface area (Å²) in [6.45, 7) is 3.32. The van der Waals surface area contributed by atoms with E-state index in [1.54, 1.807) is 20.9 Å². The van der Waals surface area contributed by atoms with Gasteiger partial charge in [0.1, 0.15) is 0 Å². The molecule has 0 atom stereocenters. The first-order valence-corrected chi connectivity index (χ1v) is 6.10. The van der Waals surface area contributed by atoms with Gasteiger partial charge in [0.15, 0.2) is 0 Å². The lowest BCUT2D eigenvalue weighted by Crippen LogP contribution is -2.47. The fourth-order valence-corrected chi connectivity index (χ4v) is 1.75. The average Bonchev–Trinajstić information content (AvgIpc) is 2.31. The van der Waals surface area contributed by atoms with Crippen molar-refractivity contribution in [1.82, 2.24) is 4.90 Å². The Kier molecular flexibility index (Phi) is 4.48. The van der Waals surface area contributed by atoms with Gasteiger partial charge in [0.05, 0.1) is 27.8 Å². The average molecular weight is 291 g/mol. The highest BCUT2D eigenvalue weighted by Crippen LogP contribution is 2.30. The number of benzene rings is 1. The van der Waals surface area contributed by atoms with Crippen molar-refractivity contribution in [3.63, 3.8) is 0 Å². The van der Waals surface area contributed by atoms with Gasteiger partial charge >= 0.3 is 0 Å². The first-order valence-electron chi connectivity index (χ1n) is 5.34. The second kappa shape index (κ2) is 5.34. The molecule has 0 saturated carbocycles. The lowest BCUT2D eigenvalue weighted by molar-refractivity contribution is 0.0473. The van der Waals surface area contributed by atoms with Gasteiger partial charge in [0.2, 0.25) is 0 Å². The normalized spacial score (nSPS) is 11.4. The zero-order valence-electron chi connectivity index (χ0n) is 10.5. The van der Waals surface area contributed by atoms with Gasteiger partial charge < -0.3 is 15.7 Å². The number of anilines is 1. The first kappa shape index (κ1) is 15.1. The Morgan fingerprint density at radius 3 is 2.50 bits per heavy atom. The van der Waals surface area contributed by atoms with E-state index in [4.69, 9.17) is 28.9 Å². The molecule has 3 N–H and O–H groups in total. The Hall–Kier alpha value is -0.970. The van der Waals surface area contributed by atoms with Gasteiger partial charge in [-0.05, 0) is 26.0 Å². The van der Waals surface area contributed by atoms with Gasteiger partial charge in [-0.2, -0.15) is 0 Å². The van der Waals surface area contributed by atoms with E-state index in [0.717, 1.165) is 0 Å². The van der Waals surface area contributed by atoms with Gasteiger partial charge in [-0.25, -0.2) is 0 Å². The van der Waals surface area contributed by atoms with Gasteiger partial charge in [0, 0.05) is 12.7 Å². The van der Waals surface area contributed by atoms with Gasteiger partial charge in [0.25, 0.3) is 5.91 Å². The number of aliphatic hydroxyl groups is 1. The van der Waals surface area contributed by atoms with Crippen molar-refractivity contribution >= 4 is 34.8 Å². The lowest BCUT2D eigenvalue weighted by Gasteiger charge is -2.34. The number of likely N-dealkylation sites (N-methyl/N-ethyl adjacent to an activating group) is 1. The molecular weight excluding hydrogens is 275 g/mol. The third-order valence-electron chi connectivity index (χ3n) is 2.88. The molecule has 0 bridgehead atoms. The van der Waals surface area contributed by atoms with Crippen LogP contribution in [0.15, 0.2) is 12.1 Å². The zero-order chi connectivity index (χ0) is 14.1. The van der Waals surface area contributed by atoms with E-state index in [2.05, 4.69) is 0 Å². The maximum atomic E-state index is 12.3. The van der Waals surface area contributed by atoms with Crippen molar-refractivity contribution in [2.45, 2.75) is 19.4 Å². The van der Waals surface area contributed by atoms with Crippen molar-refractivity contribution < 1.29 is 9.90 Å². The third-order valence-corrected chi connectivity index (χ3v) is 3.68. The van der Waals surface area contributed by atoms with Crippen LogP contribution in [0.2, 0.25) is 10.0 Å². The minimum atomic E-state index is -0.697. The summed E-state index contributed by atoms with van der Waals surface area (Å²) in [5, 5.41) is 9.66. The molecule has 0 aromatic heterocycles. The summed E-state index contributed by atoms with van der Waals surface area (Å²) in [5.74, 6) is -0.340. The first-order chi connectivity index (χ1) is 8.20. The quantitative estimate of drug-likeness (QED) is 0.840. The van der Waals surface area contributed by atoms with Crippen LogP contribution in [0.1, 0.15) is 24.2 Å². The van der Waals surface area contributed by atoms with Crippen LogP contribution < -0.4 is 5.73 Å². The van der Waals surface area contributed by atoms with Crippen molar-refractivity contribution in [1.29, 1.82) is 0 Å². The Morgan fingerprint density at radius 2 is 2.00 bits per heavy atom. The summed E-state index contributed by atoms with van der Waals surface area (Å²) in [4.78, 5) is 13.7. The fourth-order valence-electron chi connectivity index (χ4n) is 1.33. The molecule has 1 aromatic carbocycles.